The smallest absolute Gasteiger partial charge is 0.193 e. The molecule has 1 saturated heterocycles. The molecule has 1 aliphatic rings. The van der Waals surface area contributed by atoms with Crippen LogP contribution in [0.15, 0.2) is 47.6 Å². The first kappa shape index (κ1) is 21.4. The normalized spacial score (nSPS) is 17.3. The lowest BCUT2D eigenvalue weighted by atomic mass is 10.1. The molecular weight excluding hydrogens is 453 g/mol. The van der Waals surface area contributed by atoms with Crippen molar-refractivity contribution in [3.05, 3.63) is 53.7 Å². The lowest BCUT2D eigenvalue weighted by Crippen LogP contribution is -2.41. The number of morpholine rings is 1. The first-order valence-corrected chi connectivity index (χ1v) is 9.11. The number of nitrogens with one attached hydrogen (secondary N) is 1. The Balaban J connectivity index is 0.00000261. The molecule has 3 rings (SSSR count). The van der Waals surface area contributed by atoms with E-state index < -0.39 is 0 Å². The number of nitrogens with two attached hydrogens (primary N) is 1. The molecule has 1 atom stereocenters. The van der Waals surface area contributed by atoms with Crippen molar-refractivity contribution in [1.29, 1.82) is 0 Å². The first-order valence-electron chi connectivity index (χ1n) is 9.11. The Kier molecular flexibility index (Phi) is 8.30. The summed E-state index contributed by atoms with van der Waals surface area (Å²) in [6.07, 6.45) is 3.10. The summed E-state index contributed by atoms with van der Waals surface area (Å²) in [6, 6.07) is 12.3. The molecule has 1 aromatic carbocycles. The Morgan fingerprint density at radius 2 is 2.19 bits per heavy atom. The molecular formula is C20H28IN5O. The van der Waals surface area contributed by atoms with Gasteiger partial charge in [-0.3, -0.25) is 0 Å². The second-order valence-electron chi connectivity index (χ2n) is 6.53. The van der Waals surface area contributed by atoms with Gasteiger partial charge < -0.3 is 20.7 Å². The second-order valence-corrected chi connectivity index (χ2v) is 6.53. The minimum atomic E-state index is 0. The molecule has 0 saturated carbocycles. The second kappa shape index (κ2) is 10.5. The van der Waals surface area contributed by atoms with E-state index in [-0.39, 0.29) is 30.1 Å². The van der Waals surface area contributed by atoms with Crippen molar-refractivity contribution in [2.24, 2.45) is 10.7 Å². The quantitative estimate of drug-likeness (QED) is 0.389. The molecule has 146 valence electrons. The van der Waals surface area contributed by atoms with Gasteiger partial charge in [-0.2, -0.15) is 0 Å². The lowest BCUT2D eigenvalue weighted by molar-refractivity contribution is 0.0529. The van der Waals surface area contributed by atoms with Crippen molar-refractivity contribution in [2.45, 2.75) is 32.9 Å². The highest BCUT2D eigenvalue weighted by Crippen LogP contribution is 2.16. The molecule has 2 heterocycles. The van der Waals surface area contributed by atoms with Gasteiger partial charge in [-0.1, -0.05) is 25.1 Å². The van der Waals surface area contributed by atoms with Crippen LogP contribution in [0, 0.1) is 0 Å². The number of halogens is 1. The molecule has 1 unspecified atom stereocenters. The summed E-state index contributed by atoms with van der Waals surface area (Å²) < 4.78 is 5.57. The molecule has 0 spiro atoms. The van der Waals surface area contributed by atoms with E-state index in [0.29, 0.717) is 12.5 Å². The SMILES string of the molecule is CCc1cccc(NC(N)=NCc2ccc(N3CCOC(C)C3)nc2)c1.I. The van der Waals surface area contributed by atoms with E-state index in [2.05, 4.69) is 52.2 Å². The zero-order valence-electron chi connectivity index (χ0n) is 15.9. The van der Waals surface area contributed by atoms with Crippen LogP contribution in [-0.4, -0.2) is 36.7 Å². The molecule has 1 aromatic heterocycles. The number of ether oxygens (including phenoxy) is 1. The maximum atomic E-state index is 6.00. The predicted octanol–water partition coefficient (Wildman–Crippen LogP) is 3.41. The Morgan fingerprint density at radius 1 is 1.33 bits per heavy atom. The van der Waals surface area contributed by atoms with E-state index in [1.807, 2.05) is 24.4 Å². The van der Waals surface area contributed by atoms with Crippen LogP contribution in [0.1, 0.15) is 25.0 Å². The number of nitrogens with zero attached hydrogens (tertiary/aromatic N) is 3. The number of anilines is 2. The summed E-state index contributed by atoms with van der Waals surface area (Å²) in [4.78, 5) is 11.2. The van der Waals surface area contributed by atoms with Crippen molar-refractivity contribution in [1.82, 2.24) is 4.98 Å². The van der Waals surface area contributed by atoms with Gasteiger partial charge in [0, 0.05) is 25.0 Å². The van der Waals surface area contributed by atoms with Crippen LogP contribution in [0.3, 0.4) is 0 Å². The summed E-state index contributed by atoms with van der Waals surface area (Å²) >= 11 is 0. The zero-order chi connectivity index (χ0) is 18.4. The molecule has 2 aromatic rings. The Labute approximate surface area is 178 Å². The van der Waals surface area contributed by atoms with Gasteiger partial charge in [0.25, 0.3) is 0 Å². The number of aryl methyl sites for hydroxylation is 1. The number of rotatable bonds is 5. The molecule has 6 nitrogen and oxygen atoms in total. The van der Waals surface area contributed by atoms with Gasteiger partial charge >= 0.3 is 0 Å². The number of pyridine rings is 1. The van der Waals surface area contributed by atoms with Crippen LogP contribution >= 0.6 is 24.0 Å². The number of hydrogen-bond donors (Lipinski definition) is 2. The zero-order valence-corrected chi connectivity index (χ0v) is 18.2. The third kappa shape index (κ3) is 6.35. The van der Waals surface area contributed by atoms with Crippen molar-refractivity contribution in [2.75, 3.05) is 29.9 Å². The van der Waals surface area contributed by atoms with Crippen LogP contribution in [0.5, 0.6) is 0 Å². The van der Waals surface area contributed by atoms with Gasteiger partial charge in [0.05, 0.1) is 19.3 Å². The molecule has 27 heavy (non-hydrogen) atoms. The van der Waals surface area contributed by atoms with Gasteiger partial charge in [-0.05, 0) is 42.7 Å². The maximum Gasteiger partial charge on any atom is 0.193 e. The third-order valence-corrected chi connectivity index (χ3v) is 4.41. The van der Waals surface area contributed by atoms with Crippen molar-refractivity contribution >= 4 is 41.4 Å². The average molecular weight is 481 g/mol. The molecule has 1 aliphatic heterocycles. The Bertz CT molecular complexity index is 750. The first-order chi connectivity index (χ1) is 12.6. The monoisotopic (exact) mass is 481 g/mol. The fraction of sp³-hybridized carbons (Fsp3) is 0.400. The van der Waals surface area contributed by atoms with E-state index in [0.717, 1.165) is 43.2 Å². The summed E-state index contributed by atoms with van der Waals surface area (Å²) in [6.45, 7) is 7.21. The van der Waals surface area contributed by atoms with Crippen molar-refractivity contribution < 1.29 is 4.74 Å². The Morgan fingerprint density at radius 3 is 2.89 bits per heavy atom. The molecule has 0 radical (unpaired) electrons. The number of benzene rings is 1. The number of guanidine groups is 1. The fourth-order valence-corrected chi connectivity index (χ4v) is 2.96. The predicted molar refractivity (Wildman–Crippen MR) is 122 cm³/mol. The molecule has 0 bridgehead atoms. The largest absolute Gasteiger partial charge is 0.375 e. The number of hydrogen-bond acceptors (Lipinski definition) is 4. The maximum absolute atomic E-state index is 6.00. The van der Waals surface area contributed by atoms with Crippen LogP contribution < -0.4 is 16.0 Å². The summed E-state index contributed by atoms with van der Waals surface area (Å²) in [5.74, 6) is 1.39. The van der Waals surface area contributed by atoms with E-state index in [9.17, 15) is 0 Å². The standard InChI is InChI=1S/C20H27N5O.HI/c1-3-16-5-4-6-18(11-16)24-20(21)23-13-17-7-8-19(22-12-17)25-9-10-26-15(2)14-25;/h4-8,11-12,15H,3,9-10,13-14H2,1-2H3,(H3,21,23,24);1H. The third-order valence-electron chi connectivity index (χ3n) is 4.41. The fourth-order valence-electron chi connectivity index (χ4n) is 2.96. The molecule has 1 fully saturated rings. The lowest BCUT2D eigenvalue weighted by Gasteiger charge is -2.32. The summed E-state index contributed by atoms with van der Waals surface area (Å²) in [7, 11) is 0. The van der Waals surface area contributed by atoms with Gasteiger partial charge in [-0.15, -0.1) is 24.0 Å². The highest BCUT2D eigenvalue weighted by molar-refractivity contribution is 14.0. The molecule has 0 aliphatic carbocycles. The van der Waals surface area contributed by atoms with Gasteiger partial charge in [-0.25, -0.2) is 9.98 Å². The molecule has 3 N–H and O–H groups in total. The number of aliphatic imine (C=N–C) groups is 1. The van der Waals surface area contributed by atoms with Crippen LogP contribution in [0.4, 0.5) is 11.5 Å². The van der Waals surface area contributed by atoms with Crippen molar-refractivity contribution in [3.8, 4) is 0 Å². The minimum Gasteiger partial charge on any atom is -0.375 e. The van der Waals surface area contributed by atoms with Crippen molar-refractivity contribution in [3.63, 3.8) is 0 Å². The van der Waals surface area contributed by atoms with E-state index in [1.54, 1.807) is 0 Å². The topological polar surface area (TPSA) is 75.8 Å². The van der Waals surface area contributed by atoms with Gasteiger partial charge in [0.2, 0.25) is 0 Å². The van der Waals surface area contributed by atoms with E-state index in [4.69, 9.17) is 10.5 Å². The minimum absolute atomic E-state index is 0. The Hall–Kier alpha value is -1.87. The van der Waals surface area contributed by atoms with Crippen LogP contribution in [0.25, 0.3) is 0 Å². The van der Waals surface area contributed by atoms with Crippen LogP contribution in [-0.2, 0) is 17.7 Å². The van der Waals surface area contributed by atoms with E-state index in [1.165, 1.54) is 5.56 Å². The summed E-state index contributed by atoms with van der Waals surface area (Å²) in [5, 5.41) is 3.14. The average Bonchev–Trinajstić information content (AvgIpc) is 2.67. The number of aromatic nitrogens is 1. The van der Waals surface area contributed by atoms with Gasteiger partial charge in [0.1, 0.15) is 5.82 Å². The van der Waals surface area contributed by atoms with E-state index >= 15 is 0 Å². The molecule has 0 amide bonds. The summed E-state index contributed by atoms with van der Waals surface area (Å²) in [5.41, 5.74) is 9.26. The van der Waals surface area contributed by atoms with Gasteiger partial charge in [0.15, 0.2) is 5.96 Å². The highest BCUT2D eigenvalue weighted by Gasteiger charge is 2.17. The molecule has 7 heteroatoms. The highest BCUT2D eigenvalue weighted by atomic mass is 127. The van der Waals surface area contributed by atoms with Crippen LogP contribution in [0.2, 0.25) is 0 Å².